The van der Waals surface area contributed by atoms with E-state index < -0.39 is 12.0 Å². The van der Waals surface area contributed by atoms with Crippen LogP contribution >= 0.6 is 11.8 Å². The van der Waals surface area contributed by atoms with E-state index in [1.165, 1.54) is 29.8 Å². The molecule has 8 heteroatoms. The Morgan fingerprint density at radius 1 is 1.21 bits per heavy atom. The zero-order valence-electron chi connectivity index (χ0n) is 16.1. The molecule has 2 aliphatic rings. The third kappa shape index (κ3) is 3.89. The lowest BCUT2D eigenvalue weighted by Crippen LogP contribution is -2.44. The number of fused-ring (bicyclic) bond motifs is 1. The predicted molar refractivity (Wildman–Crippen MR) is 108 cm³/mol. The molecule has 2 aliphatic heterocycles. The van der Waals surface area contributed by atoms with Crippen molar-refractivity contribution in [2.75, 3.05) is 23.8 Å². The van der Waals surface area contributed by atoms with Crippen LogP contribution in [-0.4, -0.2) is 47.6 Å². The van der Waals surface area contributed by atoms with E-state index in [0.29, 0.717) is 18.1 Å². The van der Waals surface area contributed by atoms with Crippen molar-refractivity contribution in [1.29, 1.82) is 0 Å². The van der Waals surface area contributed by atoms with Crippen molar-refractivity contribution in [3.05, 3.63) is 54.0 Å². The molecule has 1 aromatic carbocycles. The number of hydrogen-bond acceptors (Lipinski definition) is 6. The smallest absolute Gasteiger partial charge is 0.330 e. The van der Waals surface area contributed by atoms with Crippen LogP contribution in [0.5, 0.6) is 0 Å². The first kappa shape index (κ1) is 19.6. The summed E-state index contributed by atoms with van der Waals surface area (Å²) in [6.45, 7) is 1.68. The van der Waals surface area contributed by atoms with Gasteiger partial charge in [0.25, 0.3) is 5.91 Å². The van der Waals surface area contributed by atoms with Gasteiger partial charge in [0, 0.05) is 24.9 Å². The van der Waals surface area contributed by atoms with Crippen LogP contribution in [0.25, 0.3) is 0 Å². The van der Waals surface area contributed by atoms with Gasteiger partial charge in [0.15, 0.2) is 6.61 Å². The third-order valence-electron chi connectivity index (χ3n) is 5.17. The average Bonchev–Trinajstić information content (AvgIpc) is 3.40. The lowest BCUT2D eigenvalue weighted by atomic mass is 10.0. The summed E-state index contributed by atoms with van der Waals surface area (Å²) in [5.41, 5.74) is 1.99. The molecule has 0 radical (unpaired) electrons. The summed E-state index contributed by atoms with van der Waals surface area (Å²) in [6.07, 6.45) is 3.34. The Bertz CT molecular complexity index is 914. The van der Waals surface area contributed by atoms with Gasteiger partial charge < -0.3 is 19.0 Å². The monoisotopic (exact) mass is 414 g/mol. The van der Waals surface area contributed by atoms with E-state index in [2.05, 4.69) is 0 Å². The highest BCUT2D eigenvalue weighted by molar-refractivity contribution is 7.99. The average molecular weight is 414 g/mol. The lowest BCUT2D eigenvalue weighted by Gasteiger charge is -2.30. The van der Waals surface area contributed by atoms with Gasteiger partial charge in [-0.15, -0.1) is 11.8 Å². The zero-order valence-corrected chi connectivity index (χ0v) is 16.9. The van der Waals surface area contributed by atoms with E-state index in [0.717, 1.165) is 24.1 Å². The summed E-state index contributed by atoms with van der Waals surface area (Å²) in [5, 5.41) is -0.371. The summed E-state index contributed by atoms with van der Waals surface area (Å²) in [4.78, 5) is 40.7. The Morgan fingerprint density at radius 2 is 2.03 bits per heavy atom. The maximum absolute atomic E-state index is 12.7. The van der Waals surface area contributed by atoms with E-state index in [-0.39, 0.29) is 23.8 Å². The Balaban J connectivity index is 1.41. The van der Waals surface area contributed by atoms with Crippen LogP contribution in [0.1, 0.15) is 30.0 Å². The summed E-state index contributed by atoms with van der Waals surface area (Å²) >= 11 is 1.44. The Labute approximate surface area is 173 Å². The summed E-state index contributed by atoms with van der Waals surface area (Å²) in [5.74, 6) is -0.0607. The Morgan fingerprint density at radius 3 is 2.79 bits per heavy atom. The molecule has 2 atom stereocenters. The summed E-state index contributed by atoms with van der Waals surface area (Å²) in [6, 6.07) is 10.5. The van der Waals surface area contributed by atoms with Gasteiger partial charge in [-0.2, -0.15) is 0 Å². The molecule has 7 nitrogen and oxygen atoms in total. The number of rotatable bonds is 4. The van der Waals surface area contributed by atoms with Crippen LogP contribution in [0.15, 0.2) is 47.1 Å². The molecular weight excluding hydrogens is 392 g/mol. The second-order valence-electron chi connectivity index (χ2n) is 7.03. The van der Waals surface area contributed by atoms with Crippen molar-refractivity contribution in [3.8, 4) is 0 Å². The fourth-order valence-corrected chi connectivity index (χ4v) is 5.24. The first-order valence-corrected chi connectivity index (χ1v) is 10.6. The molecule has 3 heterocycles. The highest BCUT2D eigenvalue weighted by Crippen LogP contribution is 2.41. The van der Waals surface area contributed by atoms with Gasteiger partial charge in [0.1, 0.15) is 17.2 Å². The van der Waals surface area contributed by atoms with Gasteiger partial charge in [0.2, 0.25) is 5.91 Å². The molecule has 0 spiro atoms. The highest BCUT2D eigenvalue weighted by atomic mass is 32.2. The first-order chi connectivity index (χ1) is 14.1. The molecule has 4 rings (SSSR count). The molecule has 1 saturated heterocycles. The normalized spacial score (nSPS) is 21.0. The minimum atomic E-state index is -0.742. The number of hydrogen-bond donors (Lipinski definition) is 0. The van der Waals surface area contributed by atoms with Gasteiger partial charge in [-0.05, 0) is 36.6 Å². The second-order valence-corrected chi connectivity index (χ2v) is 8.14. The van der Waals surface area contributed by atoms with Crippen molar-refractivity contribution in [1.82, 2.24) is 4.90 Å². The van der Waals surface area contributed by atoms with Gasteiger partial charge in [-0.3, -0.25) is 9.59 Å². The third-order valence-corrected chi connectivity index (χ3v) is 6.46. The molecule has 0 unspecified atom stereocenters. The Hall–Kier alpha value is -2.74. The number of benzene rings is 1. The number of carbonyl (C=O) groups is 3. The van der Waals surface area contributed by atoms with Crippen LogP contribution < -0.4 is 4.90 Å². The lowest BCUT2D eigenvalue weighted by molar-refractivity contribution is -0.155. The molecule has 0 bridgehead atoms. The fraction of sp³-hybridized carbons (Fsp3) is 0.381. The van der Waals surface area contributed by atoms with E-state index in [1.54, 1.807) is 17.0 Å². The maximum Gasteiger partial charge on any atom is 0.330 e. The minimum Gasteiger partial charge on any atom is -0.466 e. The van der Waals surface area contributed by atoms with Gasteiger partial charge in [0.05, 0.1) is 6.26 Å². The van der Waals surface area contributed by atoms with Crippen LogP contribution in [-0.2, 0) is 25.5 Å². The van der Waals surface area contributed by atoms with E-state index >= 15 is 0 Å². The number of furan rings is 1. The molecule has 0 N–H and O–H groups in total. The standard InChI is InChI=1S/C21H22N2O5S/c1-14(24)23-17(13-29-20(23)18-9-5-11-27-18)21(26)28-12-19(25)22-10-4-7-15-6-2-3-8-16(15)22/h2-3,5-6,8-9,11,17,20H,4,7,10,12-13H2,1H3/t17-,20-/m0/s1. The van der Waals surface area contributed by atoms with Crippen molar-refractivity contribution >= 4 is 35.2 Å². The van der Waals surface area contributed by atoms with E-state index in [9.17, 15) is 14.4 Å². The van der Waals surface area contributed by atoms with Crippen molar-refractivity contribution in [3.63, 3.8) is 0 Å². The van der Waals surface area contributed by atoms with Crippen LogP contribution in [0.4, 0.5) is 5.69 Å². The molecule has 29 heavy (non-hydrogen) atoms. The molecule has 1 aromatic heterocycles. The van der Waals surface area contributed by atoms with Crippen molar-refractivity contribution in [2.45, 2.75) is 31.2 Å². The minimum absolute atomic E-state index is 0.241. The number of ether oxygens (including phenoxy) is 1. The van der Waals surface area contributed by atoms with Crippen LogP contribution in [0.3, 0.4) is 0 Å². The maximum atomic E-state index is 12.7. The molecule has 2 aromatic rings. The fourth-order valence-electron chi connectivity index (χ4n) is 3.82. The Kier molecular flexibility index (Phi) is 5.62. The number of para-hydroxylation sites is 1. The molecule has 2 amide bonds. The van der Waals surface area contributed by atoms with Crippen molar-refractivity contribution < 1.29 is 23.5 Å². The molecule has 0 saturated carbocycles. The van der Waals surface area contributed by atoms with Gasteiger partial charge in [-0.1, -0.05) is 18.2 Å². The predicted octanol–water partition coefficient (Wildman–Crippen LogP) is 2.76. The van der Waals surface area contributed by atoms with Gasteiger partial charge >= 0.3 is 5.97 Å². The summed E-state index contributed by atoms with van der Waals surface area (Å²) in [7, 11) is 0. The first-order valence-electron chi connectivity index (χ1n) is 9.55. The summed E-state index contributed by atoms with van der Waals surface area (Å²) < 4.78 is 10.7. The number of nitrogens with zero attached hydrogens (tertiary/aromatic N) is 2. The number of anilines is 1. The zero-order chi connectivity index (χ0) is 20.4. The highest BCUT2D eigenvalue weighted by Gasteiger charge is 2.43. The quantitative estimate of drug-likeness (QED) is 0.716. The largest absolute Gasteiger partial charge is 0.466 e. The number of amides is 2. The molecular formula is C21H22N2O5S. The SMILES string of the molecule is CC(=O)N1[C@H](C(=O)OCC(=O)N2CCCc3ccccc32)CS[C@H]1c1ccco1. The van der Waals surface area contributed by atoms with Gasteiger partial charge in [-0.25, -0.2) is 4.79 Å². The van der Waals surface area contributed by atoms with Crippen molar-refractivity contribution in [2.24, 2.45) is 0 Å². The second kappa shape index (κ2) is 8.32. The number of thioether (sulfide) groups is 1. The topological polar surface area (TPSA) is 80.1 Å². The molecule has 1 fully saturated rings. The number of esters is 1. The molecule has 152 valence electrons. The van der Waals surface area contributed by atoms with Crippen LogP contribution in [0.2, 0.25) is 0 Å². The van der Waals surface area contributed by atoms with E-state index in [1.807, 2.05) is 24.3 Å². The van der Waals surface area contributed by atoms with Crippen LogP contribution in [0, 0.1) is 0 Å². The number of aryl methyl sites for hydroxylation is 1. The molecule has 0 aliphatic carbocycles. The number of carbonyl (C=O) groups excluding carboxylic acids is 3. The van der Waals surface area contributed by atoms with E-state index in [4.69, 9.17) is 9.15 Å².